The van der Waals surface area contributed by atoms with Crippen LogP contribution in [0.4, 0.5) is 4.39 Å². The number of aliphatic carboxylic acids is 1. The number of alkyl halides is 1. The largest absolute Gasteiger partial charge is 0.480 e. The van der Waals surface area contributed by atoms with Crippen molar-refractivity contribution < 1.29 is 28.6 Å². The minimum Gasteiger partial charge on any atom is -0.480 e. The van der Waals surface area contributed by atoms with Crippen molar-refractivity contribution in [3.8, 4) is 0 Å². The minimum absolute atomic E-state index is 0.348. The van der Waals surface area contributed by atoms with E-state index < -0.39 is 42.2 Å². The Hall–Kier alpha value is -1.70. The summed E-state index contributed by atoms with van der Waals surface area (Å²) < 4.78 is 18.7. The maximum Gasteiger partial charge on any atom is 0.326 e. The van der Waals surface area contributed by atoms with Gasteiger partial charge < -0.3 is 20.1 Å². The lowest BCUT2D eigenvalue weighted by Gasteiger charge is -2.28. The molecule has 2 N–H and O–H groups in total. The van der Waals surface area contributed by atoms with Crippen LogP contribution in [0, 0.1) is 5.92 Å². The highest BCUT2D eigenvalue weighted by atomic mass is 19.1. The van der Waals surface area contributed by atoms with Crippen LogP contribution in [-0.2, 0) is 19.1 Å². The average Bonchev–Trinajstić information content (AvgIpc) is 3.29. The Labute approximate surface area is 141 Å². The van der Waals surface area contributed by atoms with Gasteiger partial charge in [0.1, 0.15) is 17.8 Å². The van der Waals surface area contributed by atoms with E-state index >= 15 is 0 Å². The van der Waals surface area contributed by atoms with Crippen molar-refractivity contribution >= 4 is 17.8 Å². The van der Waals surface area contributed by atoms with E-state index in [1.165, 1.54) is 20.9 Å². The molecule has 0 bridgehead atoms. The van der Waals surface area contributed by atoms with Gasteiger partial charge in [0.15, 0.2) is 6.61 Å². The van der Waals surface area contributed by atoms with Gasteiger partial charge in [-0.2, -0.15) is 0 Å². The van der Waals surface area contributed by atoms with Crippen LogP contribution in [0.3, 0.4) is 0 Å². The predicted molar refractivity (Wildman–Crippen MR) is 85.1 cm³/mol. The summed E-state index contributed by atoms with van der Waals surface area (Å²) in [6.07, 6.45) is 2.49. The van der Waals surface area contributed by atoms with Gasteiger partial charge in [-0.05, 0) is 33.2 Å². The van der Waals surface area contributed by atoms with E-state index in [0.717, 1.165) is 17.7 Å². The number of carbonyl (C=O) groups is 3. The van der Waals surface area contributed by atoms with E-state index in [1.54, 1.807) is 7.05 Å². The van der Waals surface area contributed by atoms with E-state index in [4.69, 9.17) is 4.74 Å². The fraction of sp³-hybridized carbons (Fsp3) is 0.812. The van der Waals surface area contributed by atoms with Crippen molar-refractivity contribution in [1.82, 2.24) is 10.2 Å². The highest BCUT2D eigenvalue weighted by Crippen LogP contribution is 2.33. The molecule has 1 aliphatic rings. The van der Waals surface area contributed by atoms with Gasteiger partial charge in [-0.25, -0.2) is 9.18 Å². The fourth-order valence-corrected chi connectivity index (χ4v) is 2.38. The molecule has 0 heterocycles. The maximum atomic E-state index is 13.7. The molecule has 8 heteroatoms. The Morgan fingerprint density at radius 1 is 1.38 bits per heavy atom. The first kappa shape index (κ1) is 20.3. The van der Waals surface area contributed by atoms with Crippen LogP contribution >= 0.6 is 0 Å². The molecule has 7 nitrogen and oxygen atoms in total. The Bertz CT molecular complexity index is 474. The van der Waals surface area contributed by atoms with E-state index in [9.17, 15) is 23.9 Å². The quantitative estimate of drug-likeness (QED) is 0.572. The lowest BCUT2D eigenvalue weighted by atomic mass is 10.00. The van der Waals surface area contributed by atoms with E-state index in [1.807, 2.05) is 0 Å². The first-order valence-corrected chi connectivity index (χ1v) is 8.06. The molecule has 24 heavy (non-hydrogen) atoms. The smallest absolute Gasteiger partial charge is 0.326 e. The minimum atomic E-state index is -1.74. The number of hydrogen-bond donors (Lipinski definition) is 2. The first-order valence-electron chi connectivity index (χ1n) is 8.06. The summed E-state index contributed by atoms with van der Waals surface area (Å²) >= 11 is 0. The maximum absolute atomic E-state index is 13.7. The third kappa shape index (κ3) is 6.82. The van der Waals surface area contributed by atoms with Crippen molar-refractivity contribution in [1.29, 1.82) is 0 Å². The summed E-state index contributed by atoms with van der Waals surface area (Å²) in [6, 6.07) is -1.79. The molecule has 1 fully saturated rings. The second-order valence-electron chi connectivity index (χ2n) is 6.91. The molecule has 1 saturated carbocycles. The summed E-state index contributed by atoms with van der Waals surface area (Å²) in [5.41, 5.74) is -1.74. The molecular weight excluding hydrogens is 319 g/mol. The van der Waals surface area contributed by atoms with Gasteiger partial charge in [0.25, 0.3) is 5.91 Å². The summed E-state index contributed by atoms with van der Waals surface area (Å²) in [5.74, 6) is -2.01. The highest BCUT2D eigenvalue weighted by Gasteiger charge is 2.34. The molecule has 0 aromatic heterocycles. The molecule has 1 amide bonds. The van der Waals surface area contributed by atoms with Crippen molar-refractivity contribution in [3.05, 3.63) is 0 Å². The van der Waals surface area contributed by atoms with Crippen molar-refractivity contribution in [2.45, 2.75) is 57.3 Å². The van der Waals surface area contributed by atoms with E-state index in [-0.39, 0.29) is 6.42 Å². The molecule has 138 valence electrons. The van der Waals surface area contributed by atoms with Crippen LogP contribution < -0.4 is 5.32 Å². The number of carbonyl (C=O) groups excluding carboxylic acids is 2. The van der Waals surface area contributed by atoms with Crippen LogP contribution in [0.25, 0.3) is 0 Å². The molecule has 0 saturated heterocycles. The van der Waals surface area contributed by atoms with Crippen molar-refractivity contribution in [2.75, 3.05) is 20.7 Å². The van der Waals surface area contributed by atoms with Crippen LogP contribution in [0.5, 0.6) is 0 Å². The lowest BCUT2D eigenvalue weighted by molar-refractivity contribution is -0.158. The van der Waals surface area contributed by atoms with Crippen molar-refractivity contribution in [3.63, 3.8) is 0 Å². The normalized spacial score (nSPS) is 17.0. The highest BCUT2D eigenvalue weighted by molar-refractivity contribution is 5.86. The number of carboxylic acid groups (broad SMARTS) is 1. The summed E-state index contributed by atoms with van der Waals surface area (Å²) in [4.78, 5) is 36.2. The van der Waals surface area contributed by atoms with E-state index in [2.05, 4.69) is 5.32 Å². The molecule has 2 atom stereocenters. The van der Waals surface area contributed by atoms with Gasteiger partial charge in [0, 0.05) is 13.5 Å². The second kappa shape index (κ2) is 8.41. The number of rotatable bonds is 10. The number of amides is 1. The number of nitrogens with zero attached hydrogens (tertiary/aromatic N) is 1. The summed E-state index contributed by atoms with van der Waals surface area (Å²) in [7, 11) is 2.91. The van der Waals surface area contributed by atoms with Crippen LogP contribution in [0.2, 0.25) is 0 Å². The zero-order valence-corrected chi connectivity index (χ0v) is 14.7. The molecule has 1 aliphatic carbocycles. The van der Waals surface area contributed by atoms with Crippen LogP contribution in [-0.4, -0.2) is 66.3 Å². The Morgan fingerprint density at radius 2 is 1.96 bits per heavy atom. The zero-order valence-electron chi connectivity index (χ0n) is 14.7. The first-order chi connectivity index (χ1) is 11.0. The van der Waals surface area contributed by atoms with Gasteiger partial charge in [-0.1, -0.05) is 12.8 Å². The lowest BCUT2D eigenvalue weighted by Crippen LogP contribution is -2.47. The van der Waals surface area contributed by atoms with E-state index in [0.29, 0.717) is 12.3 Å². The molecule has 1 rings (SSSR count). The summed E-state index contributed by atoms with van der Waals surface area (Å²) in [6.45, 7) is 1.93. The Kier molecular flexibility index (Phi) is 7.13. The molecule has 0 unspecified atom stereocenters. The number of ether oxygens (including phenoxy) is 1. The predicted octanol–water partition coefficient (Wildman–Crippen LogP) is 0.967. The molecule has 0 radical (unpaired) electrons. The van der Waals surface area contributed by atoms with Crippen molar-refractivity contribution in [2.24, 2.45) is 5.92 Å². The third-order valence-corrected chi connectivity index (χ3v) is 4.06. The number of esters is 1. The van der Waals surface area contributed by atoms with Crippen LogP contribution in [0.15, 0.2) is 0 Å². The topological polar surface area (TPSA) is 95.9 Å². The number of likely N-dealkylation sites (N-methyl/N-ethyl adjacent to an activating group) is 2. The fourth-order valence-electron chi connectivity index (χ4n) is 2.38. The zero-order chi connectivity index (χ0) is 18.5. The van der Waals surface area contributed by atoms with Gasteiger partial charge in [0.05, 0.1) is 0 Å². The third-order valence-electron chi connectivity index (χ3n) is 4.06. The Morgan fingerprint density at radius 3 is 2.38 bits per heavy atom. The molecule has 0 aliphatic heterocycles. The number of nitrogens with one attached hydrogen (secondary N) is 1. The number of halogens is 1. The summed E-state index contributed by atoms with van der Waals surface area (Å²) in [5, 5.41) is 12.0. The van der Waals surface area contributed by atoms with Gasteiger partial charge >= 0.3 is 11.9 Å². The van der Waals surface area contributed by atoms with Gasteiger partial charge in [0.2, 0.25) is 0 Å². The molecule has 0 spiro atoms. The van der Waals surface area contributed by atoms with Crippen LogP contribution in [0.1, 0.15) is 39.5 Å². The average molecular weight is 346 g/mol. The number of hydrogen-bond acceptors (Lipinski definition) is 5. The SMILES string of the molecule is CN[C@@H](CC1CC1)C(=O)OCC(=O)N(C)[C@@H](CC(C)(C)F)C(=O)O. The number of carboxylic acids is 1. The Balaban J connectivity index is 2.54. The van der Waals surface area contributed by atoms with Gasteiger partial charge in [-0.3, -0.25) is 9.59 Å². The molecular formula is C16H27FN2O5. The van der Waals surface area contributed by atoms with Gasteiger partial charge in [-0.15, -0.1) is 0 Å². The standard InChI is InChI=1S/C16H27FN2O5/c1-16(2,17)8-12(14(21)22)19(4)13(20)9-24-15(23)11(18-3)7-10-5-6-10/h10-12,18H,5-9H2,1-4H3,(H,21,22)/t11-,12-/m0/s1. The molecule has 0 aromatic carbocycles. The monoisotopic (exact) mass is 346 g/mol. The molecule has 0 aromatic rings. The second-order valence-corrected chi connectivity index (χ2v) is 6.91.